The smallest absolute Gasteiger partial charge is 0.250 e. The molecule has 2 saturated heterocycles. The molecule has 2 amide bonds. The molecular weight excluding hydrogens is 450 g/mol. The highest BCUT2D eigenvalue weighted by atomic mass is 79.9. The van der Waals surface area contributed by atoms with Crippen LogP contribution >= 0.6 is 27.3 Å². The molecule has 3 heterocycles. The van der Waals surface area contributed by atoms with Crippen molar-refractivity contribution in [3.63, 3.8) is 0 Å². The molecule has 2 aliphatic heterocycles. The number of rotatable bonds is 5. The molecule has 29 heavy (non-hydrogen) atoms. The minimum Gasteiger partial charge on any atom is -0.338 e. The van der Waals surface area contributed by atoms with Crippen LogP contribution in [0, 0.1) is 0 Å². The Bertz CT molecular complexity index is 849. The van der Waals surface area contributed by atoms with E-state index in [9.17, 15) is 9.59 Å². The number of thiophene rings is 1. The Labute approximate surface area is 184 Å². The van der Waals surface area contributed by atoms with E-state index < -0.39 is 6.04 Å². The molecule has 0 saturated carbocycles. The highest BCUT2D eigenvalue weighted by Gasteiger charge is 2.36. The summed E-state index contributed by atoms with van der Waals surface area (Å²) in [5.41, 5.74) is 0.915. The van der Waals surface area contributed by atoms with E-state index in [0.717, 1.165) is 41.8 Å². The van der Waals surface area contributed by atoms with Gasteiger partial charge in [0.05, 0.1) is 3.79 Å². The summed E-state index contributed by atoms with van der Waals surface area (Å²) in [5.74, 6) is 0.158. The second-order valence-corrected chi connectivity index (χ2v) is 10.2. The first-order chi connectivity index (χ1) is 14.1. The van der Waals surface area contributed by atoms with Crippen LogP contribution in [0.5, 0.6) is 0 Å². The zero-order valence-electron chi connectivity index (χ0n) is 16.4. The standard InChI is InChI=1S/C22H26BrN3O2S/c23-19-10-9-18(29-19)16-24-12-14-25(15-13-24)22(28)21(17-6-2-1-3-7-17)26-11-5-4-8-20(26)27/h1-3,6-7,9-10,21H,4-5,8,11-16H2. The van der Waals surface area contributed by atoms with Gasteiger partial charge in [-0.1, -0.05) is 30.3 Å². The van der Waals surface area contributed by atoms with Gasteiger partial charge in [0.15, 0.2) is 0 Å². The van der Waals surface area contributed by atoms with Crippen LogP contribution in [-0.2, 0) is 16.1 Å². The maximum atomic E-state index is 13.5. The normalized spacial score (nSPS) is 19.4. The fraction of sp³-hybridized carbons (Fsp3) is 0.455. The Morgan fingerprint density at radius 3 is 2.41 bits per heavy atom. The third kappa shape index (κ3) is 4.90. The number of carbonyl (C=O) groups is 2. The Morgan fingerprint density at radius 1 is 1.00 bits per heavy atom. The van der Waals surface area contributed by atoms with Crippen molar-refractivity contribution in [2.45, 2.75) is 31.8 Å². The topological polar surface area (TPSA) is 43.9 Å². The molecule has 1 unspecified atom stereocenters. The Hall–Kier alpha value is -1.70. The van der Waals surface area contributed by atoms with E-state index in [-0.39, 0.29) is 11.8 Å². The zero-order chi connectivity index (χ0) is 20.2. The van der Waals surface area contributed by atoms with Crippen LogP contribution in [0.3, 0.4) is 0 Å². The van der Waals surface area contributed by atoms with Gasteiger partial charge in [0.1, 0.15) is 6.04 Å². The number of benzene rings is 1. The van der Waals surface area contributed by atoms with E-state index in [2.05, 4.69) is 33.0 Å². The second kappa shape index (κ2) is 9.41. The molecule has 0 aliphatic carbocycles. The number of piperazine rings is 1. The lowest BCUT2D eigenvalue weighted by Gasteiger charge is -2.40. The van der Waals surface area contributed by atoms with Crippen LogP contribution < -0.4 is 0 Å². The van der Waals surface area contributed by atoms with Gasteiger partial charge in [0.25, 0.3) is 0 Å². The molecule has 1 atom stereocenters. The van der Waals surface area contributed by atoms with Crippen LogP contribution in [0.2, 0.25) is 0 Å². The Kier molecular flexibility index (Phi) is 6.67. The van der Waals surface area contributed by atoms with Crippen LogP contribution in [0.1, 0.15) is 35.7 Å². The van der Waals surface area contributed by atoms with Crippen LogP contribution in [0.4, 0.5) is 0 Å². The maximum Gasteiger partial charge on any atom is 0.250 e. The van der Waals surface area contributed by atoms with Crippen molar-refractivity contribution in [2.75, 3.05) is 32.7 Å². The average molecular weight is 476 g/mol. The Morgan fingerprint density at radius 2 is 1.76 bits per heavy atom. The third-order valence-electron chi connectivity index (χ3n) is 5.71. The first-order valence-corrected chi connectivity index (χ1v) is 11.8. The summed E-state index contributed by atoms with van der Waals surface area (Å²) in [4.78, 5) is 33.6. The molecule has 154 valence electrons. The fourth-order valence-corrected chi connectivity index (χ4v) is 5.67. The van der Waals surface area contributed by atoms with Crippen molar-refractivity contribution in [3.05, 3.63) is 56.7 Å². The molecule has 0 bridgehead atoms. The van der Waals surface area contributed by atoms with Crippen molar-refractivity contribution >= 4 is 39.1 Å². The van der Waals surface area contributed by atoms with Crippen molar-refractivity contribution in [1.29, 1.82) is 0 Å². The summed E-state index contributed by atoms with van der Waals surface area (Å²) < 4.78 is 1.15. The monoisotopic (exact) mass is 475 g/mol. The van der Waals surface area contributed by atoms with Crippen LogP contribution in [0.25, 0.3) is 0 Å². The summed E-state index contributed by atoms with van der Waals surface area (Å²) in [6.45, 7) is 4.71. The SMILES string of the molecule is O=C(C(c1ccccc1)N1CCCCC1=O)N1CCN(Cc2ccc(Br)s2)CC1. The summed E-state index contributed by atoms with van der Waals surface area (Å²) in [6.07, 6.45) is 2.43. The van der Waals surface area contributed by atoms with Gasteiger partial charge in [-0.05, 0) is 46.5 Å². The second-order valence-electron chi connectivity index (χ2n) is 7.66. The highest BCUT2D eigenvalue weighted by Crippen LogP contribution is 2.28. The summed E-state index contributed by atoms with van der Waals surface area (Å²) in [7, 11) is 0. The zero-order valence-corrected chi connectivity index (χ0v) is 18.8. The number of halogens is 1. The molecule has 0 N–H and O–H groups in total. The lowest BCUT2D eigenvalue weighted by Crippen LogP contribution is -2.53. The molecule has 2 fully saturated rings. The van der Waals surface area contributed by atoms with Gasteiger partial charge < -0.3 is 9.80 Å². The van der Waals surface area contributed by atoms with Crippen LogP contribution in [0.15, 0.2) is 46.3 Å². The largest absolute Gasteiger partial charge is 0.338 e. The molecule has 1 aromatic carbocycles. The molecule has 0 spiro atoms. The average Bonchev–Trinajstić information content (AvgIpc) is 3.15. The quantitative estimate of drug-likeness (QED) is 0.658. The summed E-state index contributed by atoms with van der Waals surface area (Å²) in [6, 6.07) is 13.5. The van der Waals surface area contributed by atoms with Crippen molar-refractivity contribution < 1.29 is 9.59 Å². The summed E-state index contributed by atoms with van der Waals surface area (Å²) in [5, 5.41) is 0. The van der Waals surface area contributed by atoms with Gasteiger partial charge in [-0.3, -0.25) is 14.5 Å². The van der Waals surface area contributed by atoms with Crippen molar-refractivity contribution in [3.8, 4) is 0 Å². The number of amides is 2. The summed E-state index contributed by atoms with van der Waals surface area (Å²) >= 11 is 5.28. The van der Waals surface area contributed by atoms with Gasteiger partial charge in [-0.2, -0.15) is 0 Å². The van der Waals surface area contributed by atoms with E-state index in [1.165, 1.54) is 4.88 Å². The van der Waals surface area contributed by atoms with E-state index in [4.69, 9.17) is 0 Å². The lowest BCUT2D eigenvalue weighted by molar-refractivity contribution is -0.148. The molecule has 1 aromatic heterocycles. The number of likely N-dealkylation sites (tertiary alicyclic amines) is 1. The number of carbonyl (C=O) groups excluding carboxylic acids is 2. The maximum absolute atomic E-state index is 13.5. The minimum absolute atomic E-state index is 0.0602. The minimum atomic E-state index is -0.496. The van der Waals surface area contributed by atoms with Gasteiger partial charge in [-0.15, -0.1) is 11.3 Å². The van der Waals surface area contributed by atoms with Gasteiger partial charge >= 0.3 is 0 Å². The van der Waals surface area contributed by atoms with E-state index in [1.54, 1.807) is 16.2 Å². The number of hydrogen-bond acceptors (Lipinski definition) is 4. The fourth-order valence-electron chi connectivity index (χ4n) is 4.15. The van der Waals surface area contributed by atoms with Crippen molar-refractivity contribution in [2.24, 2.45) is 0 Å². The van der Waals surface area contributed by atoms with Gasteiger partial charge in [0.2, 0.25) is 11.8 Å². The molecule has 0 radical (unpaired) electrons. The van der Waals surface area contributed by atoms with E-state index in [1.807, 2.05) is 35.2 Å². The molecule has 7 heteroatoms. The van der Waals surface area contributed by atoms with E-state index >= 15 is 0 Å². The van der Waals surface area contributed by atoms with Gasteiger partial charge in [-0.25, -0.2) is 0 Å². The lowest BCUT2D eigenvalue weighted by atomic mass is 9.99. The number of hydrogen-bond donors (Lipinski definition) is 0. The molecule has 2 aliphatic rings. The molecule has 4 rings (SSSR count). The van der Waals surface area contributed by atoms with Crippen LogP contribution in [-0.4, -0.2) is 59.2 Å². The predicted octanol–water partition coefficient (Wildman–Crippen LogP) is 3.91. The molecular formula is C22H26BrN3O2S. The van der Waals surface area contributed by atoms with Crippen molar-refractivity contribution in [1.82, 2.24) is 14.7 Å². The Balaban J connectivity index is 1.44. The van der Waals surface area contributed by atoms with E-state index in [0.29, 0.717) is 26.1 Å². The molecule has 2 aromatic rings. The van der Waals surface area contributed by atoms with Gasteiger partial charge in [0, 0.05) is 50.6 Å². The molecule has 5 nitrogen and oxygen atoms in total. The predicted molar refractivity (Wildman–Crippen MR) is 119 cm³/mol. The highest BCUT2D eigenvalue weighted by molar-refractivity contribution is 9.11. The number of piperidine rings is 1. The first kappa shape index (κ1) is 20.6. The number of nitrogens with zero attached hydrogens (tertiary/aromatic N) is 3. The first-order valence-electron chi connectivity index (χ1n) is 10.2. The third-order valence-corrected chi connectivity index (χ3v) is 7.32.